The number of hydrogen-bond acceptors (Lipinski definition) is 6. The van der Waals surface area contributed by atoms with Gasteiger partial charge in [-0.3, -0.25) is 4.79 Å². The number of rotatable bonds is 5. The molecule has 0 spiro atoms. The normalized spacial score (nSPS) is 12.2. The van der Waals surface area contributed by atoms with Gasteiger partial charge in [0.2, 0.25) is 24.5 Å². The van der Waals surface area contributed by atoms with Gasteiger partial charge in [0.05, 0.1) is 0 Å². The molecule has 1 aromatic heterocycles. The van der Waals surface area contributed by atoms with Crippen LogP contribution in [0.5, 0.6) is 11.5 Å². The van der Waals surface area contributed by atoms with Crippen LogP contribution in [-0.2, 0) is 11.2 Å². The molecule has 7 nitrogen and oxygen atoms in total. The molecule has 0 saturated heterocycles. The molecule has 3 aromatic rings. The van der Waals surface area contributed by atoms with Crippen molar-refractivity contribution in [3.8, 4) is 23.0 Å². The van der Waals surface area contributed by atoms with Gasteiger partial charge in [0.25, 0.3) is 0 Å². The van der Waals surface area contributed by atoms with Crippen molar-refractivity contribution in [1.82, 2.24) is 10.2 Å². The van der Waals surface area contributed by atoms with E-state index in [1.807, 2.05) is 0 Å². The lowest BCUT2D eigenvalue weighted by Gasteiger charge is -2.05. The van der Waals surface area contributed by atoms with E-state index in [9.17, 15) is 4.79 Å². The highest BCUT2D eigenvalue weighted by Crippen LogP contribution is 2.34. The Morgan fingerprint density at radius 2 is 1.88 bits per heavy atom. The Balaban J connectivity index is 1.34. The topological polar surface area (TPSA) is 86.5 Å². The molecule has 2 aromatic carbocycles. The van der Waals surface area contributed by atoms with Crippen molar-refractivity contribution in [3.63, 3.8) is 0 Å². The molecule has 0 atom stereocenters. The van der Waals surface area contributed by atoms with Crippen LogP contribution in [0.25, 0.3) is 11.5 Å². The molecule has 4 rings (SSSR count). The molecular formula is C18H14ClN3O4. The molecule has 0 fully saturated rings. The fourth-order valence-corrected chi connectivity index (χ4v) is 2.61. The summed E-state index contributed by atoms with van der Waals surface area (Å²) < 4.78 is 16.1. The zero-order valence-corrected chi connectivity index (χ0v) is 14.3. The van der Waals surface area contributed by atoms with Crippen LogP contribution in [0.15, 0.2) is 46.9 Å². The Morgan fingerprint density at radius 1 is 1.08 bits per heavy atom. The third-order valence-electron chi connectivity index (χ3n) is 3.78. The second kappa shape index (κ2) is 7.05. The van der Waals surface area contributed by atoms with Gasteiger partial charge >= 0.3 is 0 Å². The Hall–Kier alpha value is -3.06. The SMILES string of the molecule is O=C(CCc1nnc(-c2ccc(Cl)cc2)o1)Nc1ccc2c(c1)OCO2. The zero-order chi connectivity index (χ0) is 17.9. The largest absolute Gasteiger partial charge is 0.454 e. The van der Waals surface area contributed by atoms with E-state index in [0.717, 1.165) is 5.56 Å². The molecule has 0 saturated carbocycles. The fourth-order valence-electron chi connectivity index (χ4n) is 2.48. The van der Waals surface area contributed by atoms with Crippen molar-refractivity contribution in [1.29, 1.82) is 0 Å². The monoisotopic (exact) mass is 371 g/mol. The first-order valence-corrected chi connectivity index (χ1v) is 8.33. The van der Waals surface area contributed by atoms with E-state index in [4.69, 9.17) is 25.5 Å². The van der Waals surface area contributed by atoms with Crippen molar-refractivity contribution in [3.05, 3.63) is 53.4 Å². The van der Waals surface area contributed by atoms with Crippen LogP contribution < -0.4 is 14.8 Å². The van der Waals surface area contributed by atoms with E-state index in [-0.39, 0.29) is 19.1 Å². The molecule has 8 heteroatoms. The average Bonchev–Trinajstić information content (AvgIpc) is 3.29. The Morgan fingerprint density at radius 3 is 2.73 bits per heavy atom. The van der Waals surface area contributed by atoms with E-state index in [0.29, 0.717) is 40.4 Å². The summed E-state index contributed by atoms with van der Waals surface area (Å²) in [6.07, 6.45) is 0.563. The molecule has 1 amide bonds. The van der Waals surface area contributed by atoms with Crippen molar-refractivity contribution in [2.24, 2.45) is 0 Å². The summed E-state index contributed by atoms with van der Waals surface area (Å²) in [6, 6.07) is 12.3. The first-order valence-electron chi connectivity index (χ1n) is 7.95. The molecule has 0 radical (unpaired) electrons. The van der Waals surface area contributed by atoms with Gasteiger partial charge in [-0.05, 0) is 36.4 Å². The highest BCUT2D eigenvalue weighted by Gasteiger charge is 2.15. The van der Waals surface area contributed by atoms with Crippen LogP contribution in [0.3, 0.4) is 0 Å². The number of halogens is 1. The van der Waals surface area contributed by atoms with Gasteiger partial charge in [-0.1, -0.05) is 11.6 Å². The molecule has 132 valence electrons. The van der Waals surface area contributed by atoms with Crippen molar-refractivity contribution in [2.75, 3.05) is 12.1 Å². The molecule has 1 aliphatic heterocycles. The van der Waals surface area contributed by atoms with Gasteiger partial charge in [0, 0.05) is 35.2 Å². The standard InChI is InChI=1S/C18H14ClN3O4/c19-12-3-1-11(2-4-12)18-22-21-17(26-18)8-7-16(23)20-13-5-6-14-15(9-13)25-10-24-14/h1-6,9H,7-8,10H2,(H,20,23). The van der Waals surface area contributed by atoms with Gasteiger partial charge < -0.3 is 19.2 Å². The lowest BCUT2D eigenvalue weighted by atomic mass is 10.2. The molecular weight excluding hydrogens is 358 g/mol. The molecule has 2 heterocycles. The van der Waals surface area contributed by atoms with Crippen molar-refractivity contribution in [2.45, 2.75) is 12.8 Å². The number of aryl methyl sites for hydroxylation is 1. The molecule has 1 N–H and O–H groups in total. The van der Waals surface area contributed by atoms with E-state index in [1.165, 1.54) is 0 Å². The summed E-state index contributed by atoms with van der Waals surface area (Å²) in [5.74, 6) is 1.93. The van der Waals surface area contributed by atoms with Crippen LogP contribution in [-0.4, -0.2) is 22.9 Å². The van der Waals surface area contributed by atoms with E-state index in [1.54, 1.807) is 42.5 Å². The molecule has 0 aliphatic carbocycles. The first-order chi connectivity index (χ1) is 12.7. The van der Waals surface area contributed by atoms with Crippen molar-refractivity contribution < 1.29 is 18.7 Å². The molecule has 26 heavy (non-hydrogen) atoms. The van der Waals surface area contributed by atoms with Crippen LogP contribution in [0.1, 0.15) is 12.3 Å². The fraction of sp³-hybridized carbons (Fsp3) is 0.167. The smallest absolute Gasteiger partial charge is 0.247 e. The first kappa shape index (κ1) is 16.4. The van der Waals surface area contributed by atoms with Gasteiger partial charge in [-0.25, -0.2) is 0 Å². The third-order valence-corrected chi connectivity index (χ3v) is 4.03. The lowest BCUT2D eigenvalue weighted by Crippen LogP contribution is -2.12. The number of carbonyl (C=O) groups is 1. The van der Waals surface area contributed by atoms with Crippen LogP contribution in [0.4, 0.5) is 5.69 Å². The molecule has 0 unspecified atom stereocenters. The second-order valence-corrected chi connectivity index (χ2v) is 6.06. The zero-order valence-electron chi connectivity index (χ0n) is 13.6. The number of hydrogen-bond donors (Lipinski definition) is 1. The van der Waals surface area contributed by atoms with Crippen LogP contribution in [0, 0.1) is 0 Å². The minimum absolute atomic E-state index is 0.157. The molecule has 1 aliphatic rings. The van der Waals surface area contributed by atoms with Crippen molar-refractivity contribution >= 4 is 23.2 Å². The Bertz CT molecular complexity index is 940. The number of amides is 1. The highest BCUT2D eigenvalue weighted by molar-refractivity contribution is 6.30. The van der Waals surface area contributed by atoms with Crippen LogP contribution in [0.2, 0.25) is 5.02 Å². The van der Waals surface area contributed by atoms with Gasteiger partial charge in [-0.15, -0.1) is 10.2 Å². The number of anilines is 1. The summed E-state index contributed by atoms with van der Waals surface area (Å²) in [6.45, 7) is 0.194. The van der Waals surface area contributed by atoms with Gasteiger partial charge in [-0.2, -0.15) is 0 Å². The second-order valence-electron chi connectivity index (χ2n) is 5.62. The maximum Gasteiger partial charge on any atom is 0.247 e. The highest BCUT2D eigenvalue weighted by atomic mass is 35.5. The maximum absolute atomic E-state index is 12.1. The molecule has 0 bridgehead atoms. The quantitative estimate of drug-likeness (QED) is 0.736. The maximum atomic E-state index is 12.1. The minimum atomic E-state index is -0.157. The number of fused-ring (bicyclic) bond motifs is 1. The predicted octanol–water partition coefficient (Wildman–Crippen LogP) is 3.69. The number of nitrogens with zero attached hydrogens (tertiary/aromatic N) is 2. The van der Waals surface area contributed by atoms with E-state index >= 15 is 0 Å². The summed E-state index contributed by atoms with van der Waals surface area (Å²) in [4.78, 5) is 12.1. The van der Waals surface area contributed by atoms with Crippen LogP contribution >= 0.6 is 11.6 Å². The summed E-state index contributed by atoms with van der Waals surface area (Å²) >= 11 is 5.86. The third kappa shape index (κ3) is 3.62. The number of ether oxygens (including phenoxy) is 2. The van der Waals surface area contributed by atoms with E-state index < -0.39 is 0 Å². The summed E-state index contributed by atoms with van der Waals surface area (Å²) in [5.41, 5.74) is 1.42. The predicted molar refractivity (Wildman–Crippen MR) is 94.3 cm³/mol. The Labute approximate surface area is 153 Å². The summed E-state index contributed by atoms with van der Waals surface area (Å²) in [5, 5.41) is 11.4. The average molecular weight is 372 g/mol. The number of carbonyl (C=O) groups excluding carboxylic acids is 1. The Kier molecular flexibility index (Phi) is 4.45. The lowest BCUT2D eigenvalue weighted by molar-refractivity contribution is -0.116. The summed E-state index contributed by atoms with van der Waals surface area (Å²) in [7, 11) is 0. The van der Waals surface area contributed by atoms with Gasteiger partial charge in [0.15, 0.2) is 11.5 Å². The number of aromatic nitrogens is 2. The minimum Gasteiger partial charge on any atom is -0.454 e. The van der Waals surface area contributed by atoms with E-state index in [2.05, 4.69) is 15.5 Å². The number of benzene rings is 2. The van der Waals surface area contributed by atoms with Gasteiger partial charge in [0.1, 0.15) is 0 Å². The number of nitrogens with one attached hydrogen (secondary N) is 1.